The second-order valence-electron chi connectivity index (χ2n) is 14.2. The van der Waals surface area contributed by atoms with Gasteiger partial charge in [0.2, 0.25) is 0 Å². The van der Waals surface area contributed by atoms with E-state index in [4.69, 9.17) is 16.3 Å². The Bertz CT molecular complexity index is 786. The molecule has 35 heavy (non-hydrogen) atoms. The Morgan fingerprint density at radius 2 is 1.77 bits per heavy atom. The second-order valence-corrected chi connectivity index (χ2v) is 14.7. The van der Waals surface area contributed by atoms with Gasteiger partial charge in [-0.1, -0.05) is 79.4 Å². The van der Waals surface area contributed by atoms with Crippen LogP contribution in [0, 0.1) is 52.3 Å². The summed E-state index contributed by atoms with van der Waals surface area (Å²) in [6, 6.07) is 0. The van der Waals surface area contributed by atoms with E-state index in [0.29, 0.717) is 10.8 Å². The van der Waals surface area contributed by atoms with Crippen molar-refractivity contribution in [1.29, 1.82) is 0 Å². The molecule has 2 nitrogen and oxygen atoms in total. The molecule has 0 unspecified atom stereocenters. The molecule has 0 aliphatic heterocycles. The number of carbonyl (C=O) groups is 1. The fourth-order valence-corrected chi connectivity index (χ4v) is 9.31. The molecule has 3 fully saturated rings. The molecule has 0 aromatic rings. The van der Waals surface area contributed by atoms with E-state index in [2.05, 4.69) is 40.7 Å². The van der Waals surface area contributed by atoms with Gasteiger partial charge in [-0.3, -0.25) is 4.79 Å². The molecule has 3 saturated carbocycles. The Morgan fingerprint density at radius 3 is 2.46 bits per heavy atom. The van der Waals surface area contributed by atoms with Crippen LogP contribution in [0.2, 0.25) is 0 Å². The summed E-state index contributed by atoms with van der Waals surface area (Å²) in [5.74, 6) is 5.05. The molecule has 4 aliphatic carbocycles. The summed E-state index contributed by atoms with van der Waals surface area (Å²) >= 11 is 6.29. The lowest BCUT2D eigenvalue weighted by Gasteiger charge is -2.58. The Morgan fingerprint density at radius 1 is 1.03 bits per heavy atom. The van der Waals surface area contributed by atoms with Crippen LogP contribution in [-0.4, -0.2) is 17.5 Å². The van der Waals surface area contributed by atoms with Crippen molar-refractivity contribution in [1.82, 2.24) is 0 Å². The van der Waals surface area contributed by atoms with Gasteiger partial charge < -0.3 is 4.74 Å². The maximum Gasteiger partial charge on any atom is 0.324 e. The van der Waals surface area contributed by atoms with Crippen molar-refractivity contribution in [3.63, 3.8) is 0 Å². The molecule has 0 amide bonds. The Hall–Kier alpha value is -0.500. The summed E-state index contributed by atoms with van der Waals surface area (Å²) in [6.45, 7) is 16.5. The molecule has 9 atom stereocenters. The number of rotatable bonds is 8. The highest BCUT2D eigenvalue weighted by atomic mass is 35.5. The van der Waals surface area contributed by atoms with Crippen LogP contribution >= 0.6 is 11.6 Å². The summed E-state index contributed by atoms with van der Waals surface area (Å²) in [7, 11) is 0. The van der Waals surface area contributed by atoms with E-state index >= 15 is 0 Å². The van der Waals surface area contributed by atoms with E-state index in [1.54, 1.807) is 5.57 Å². The number of hydrogen-bond acceptors (Lipinski definition) is 2. The van der Waals surface area contributed by atoms with Crippen LogP contribution in [0.1, 0.15) is 119 Å². The van der Waals surface area contributed by atoms with Gasteiger partial charge in [0.1, 0.15) is 11.5 Å². The minimum Gasteiger partial charge on any atom is -0.461 e. The maximum atomic E-state index is 12.5. The van der Waals surface area contributed by atoms with Crippen LogP contribution in [-0.2, 0) is 9.53 Å². The highest BCUT2D eigenvalue weighted by Gasteiger charge is 2.59. The molecular weight excluding hydrogens is 452 g/mol. The van der Waals surface area contributed by atoms with Crippen molar-refractivity contribution in [2.24, 2.45) is 52.3 Å². The maximum absolute atomic E-state index is 12.5. The molecule has 4 rings (SSSR count). The van der Waals surface area contributed by atoms with E-state index in [-0.39, 0.29) is 18.0 Å². The first kappa shape index (κ1) is 27.5. The van der Waals surface area contributed by atoms with E-state index in [1.807, 2.05) is 13.8 Å². The summed E-state index contributed by atoms with van der Waals surface area (Å²) < 4.78 is 5.91. The van der Waals surface area contributed by atoms with Crippen LogP contribution in [0.5, 0.6) is 0 Å². The van der Waals surface area contributed by atoms with Gasteiger partial charge in [0, 0.05) is 6.42 Å². The number of alkyl halides is 1. The quantitative estimate of drug-likeness (QED) is 0.187. The molecule has 0 aromatic carbocycles. The smallest absolute Gasteiger partial charge is 0.324 e. The molecule has 0 radical (unpaired) electrons. The van der Waals surface area contributed by atoms with Gasteiger partial charge in [-0.15, -0.1) is 11.6 Å². The van der Waals surface area contributed by atoms with Gasteiger partial charge in [-0.25, -0.2) is 0 Å². The van der Waals surface area contributed by atoms with Crippen molar-refractivity contribution in [3.8, 4) is 0 Å². The van der Waals surface area contributed by atoms with Crippen molar-refractivity contribution < 1.29 is 9.53 Å². The zero-order valence-electron chi connectivity index (χ0n) is 23.7. The first-order valence-electron chi connectivity index (χ1n) is 15.0. The Labute approximate surface area is 221 Å². The highest BCUT2D eigenvalue weighted by Crippen LogP contribution is 2.67. The minimum atomic E-state index is -0.535. The highest BCUT2D eigenvalue weighted by molar-refractivity contribution is 6.30. The van der Waals surface area contributed by atoms with E-state index in [1.165, 1.54) is 51.4 Å². The molecular formula is C32H53ClO2. The molecule has 3 heteroatoms. The average Bonchev–Trinajstić information content (AvgIpc) is 3.15. The fraction of sp³-hybridized carbons (Fsp3) is 0.906. The standard InChI is InChI=1S/C32H53ClO2/c1-20(2)9-8-10-22(5)26-13-14-27-25-12-11-23-19-24(35-30(34)29(33)21(3)4)15-17-31(23,6)28(25)16-18-32(26,27)7/h11,20-22,24-29H,8-10,12-19H2,1-7H3/t22-,24-,25+,26-,27+,28+,29+,31-,32+/m0/s1. The van der Waals surface area contributed by atoms with Crippen LogP contribution in [0.15, 0.2) is 11.6 Å². The Kier molecular flexibility index (Phi) is 8.42. The SMILES string of the molecule is CC(C)CCC[C@H](C)[C@@H]1CC[C@@H]2[C@H]3CC=C4C[C@@H](OC(=O)[C@H](Cl)C(C)C)CC[C@]4(C)[C@@H]3CC[C@@]21C. The van der Waals surface area contributed by atoms with Gasteiger partial charge in [0.15, 0.2) is 0 Å². The van der Waals surface area contributed by atoms with Crippen molar-refractivity contribution in [2.45, 2.75) is 131 Å². The lowest BCUT2D eigenvalue weighted by molar-refractivity contribution is -0.151. The number of carbonyl (C=O) groups excluding carboxylic acids is 1. The van der Waals surface area contributed by atoms with Gasteiger partial charge >= 0.3 is 5.97 Å². The summed E-state index contributed by atoms with van der Waals surface area (Å²) in [5.41, 5.74) is 2.42. The third-order valence-corrected chi connectivity index (χ3v) is 12.0. The zero-order chi connectivity index (χ0) is 25.5. The molecule has 0 heterocycles. The van der Waals surface area contributed by atoms with Crippen molar-refractivity contribution in [3.05, 3.63) is 11.6 Å². The summed E-state index contributed by atoms with van der Waals surface area (Å²) in [5, 5.41) is -0.535. The van der Waals surface area contributed by atoms with Crippen LogP contribution in [0.4, 0.5) is 0 Å². The summed E-state index contributed by atoms with van der Waals surface area (Å²) in [4.78, 5) is 12.5. The predicted octanol–water partition coefficient (Wildman–Crippen LogP) is 9.20. The van der Waals surface area contributed by atoms with Crippen LogP contribution in [0.3, 0.4) is 0 Å². The number of ether oxygens (including phenoxy) is 1. The first-order chi connectivity index (χ1) is 16.5. The number of fused-ring (bicyclic) bond motifs is 5. The van der Waals surface area contributed by atoms with E-state index < -0.39 is 5.38 Å². The Balaban J connectivity index is 1.43. The monoisotopic (exact) mass is 504 g/mol. The fourth-order valence-electron chi connectivity index (χ4n) is 9.25. The first-order valence-corrected chi connectivity index (χ1v) is 15.4. The lowest BCUT2D eigenvalue weighted by atomic mass is 9.47. The second kappa shape index (κ2) is 10.7. The third kappa shape index (κ3) is 5.26. The molecule has 0 N–H and O–H groups in total. The van der Waals surface area contributed by atoms with Gasteiger partial charge in [0.25, 0.3) is 0 Å². The van der Waals surface area contributed by atoms with Gasteiger partial charge in [-0.05, 0) is 97.2 Å². The van der Waals surface area contributed by atoms with E-state index in [0.717, 1.165) is 54.8 Å². The molecule has 0 spiro atoms. The van der Waals surface area contributed by atoms with E-state index in [9.17, 15) is 4.79 Å². The minimum absolute atomic E-state index is 0.00906. The zero-order valence-corrected chi connectivity index (χ0v) is 24.5. The van der Waals surface area contributed by atoms with Crippen molar-refractivity contribution >= 4 is 17.6 Å². The molecule has 200 valence electrons. The number of allylic oxidation sites excluding steroid dienone is 1. The van der Waals surface area contributed by atoms with Gasteiger partial charge in [0.05, 0.1) is 0 Å². The summed E-state index contributed by atoms with van der Waals surface area (Å²) in [6.07, 6.45) is 16.8. The normalized spacial score (nSPS) is 40.5. The molecule has 0 aromatic heterocycles. The average molecular weight is 505 g/mol. The third-order valence-electron chi connectivity index (χ3n) is 11.4. The van der Waals surface area contributed by atoms with Crippen LogP contribution in [0.25, 0.3) is 0 Å². The van der Waals surface area contributed by atoms with Crippen LogP contribution < -0.4 is 0 Å². The lowest BCUT2D eigenvalue weighted by Crippen LogP contribution is -2.51. The largest absolute Gasteiger partial charge is 0.461 e. The number of hydrogen-bond donors (Lipinski definition) is 0. The number of halogens is 1. The topological polar surface area (TPSA) is 26.3 Å². The molecule has 0 saturated heterocycles. The number of esters is 1. The van der Waals surface area contributed by atoms with Crippen molar-refractivity contribution in [2.75, 3.05) is 0 Å². The molecule has 4 aliphatic rings. The predicted molar refractivity (Wildman–Crippen MR) is 147 cm³/mol. The van der Waals surface area contributed by atoms with Gasteiger partial charge in [-0.2, -0.15) is 0 Å². The molecule has 0 bridgehead atoms.